The van der Waals surface area contributed by atoms with Crippen LogP contribution in [0.2, 0.25) is 0 Å². The minimum absolute atomic E-state index is 0.396. The molecule has 2 nitrogen and oxygen atoms in total. The van der Waals surface area contributed by atoms with Gasteiger partial charge in [-0.05, 0) is 12.5 Å². The normalized spacial score (nSPS) is 11.2. The zero-order valence-electron chi connectivity index (χ0n) is 8.47. The largest absolute Gasteiger partial charge is 0.458 e. The molecule has 0 fully saturated rings. The third-order valence-corrected chi connectivity index (χ3v) is 2.00. The summed E-state index contributed by atoms with van der Waals surface area (Å²) in [5.41, 5.74) is 1.33. The van der Waals surface area contributed by atoms with Crippen molar-refractivity contribution in [1.82, 2.24) is 0 Å². The first-order valence-corrected chi connectivity index (χ1v) is 4.50. The van der Waals surface area contributed by atoms with Gasteiger partial charge in [-0.3, -0.25) is 9.59 Å². The molecule has 0 aromatic heterocycles. The average molecular weight is 230 g/mol. The van der Waals surface area contributed by atoms with E-state index < -0.39 is 24.2 Å². The second kappa shape index (κ2) is 4.47. The van der Waals surface area contributed by atoms with Crippen molar-refractivity contribution in [2.24, 2.45) is 0 Å². The number of alkyl halides is 3. The third-order valence-electron chi connectivity index (χ3n) is 2.00. The summed E-state index contributed by atoms with van der Waals surface area (Å²) < 4.78 is 35.7. The molecule has 0 bridgehead atoms. The molecular weight excluding hydrogens is 221 g/mol. The van der Waals surface area contributed by atoms with Crippen molar-refractivity contribution in [3.63, 3.8) is 0 Å². The molecule has 0 saturated carbocycles. The standard InChI is InChI=1S/C11H9F3O2/c1-7-2-4-8(5-3-7)6-9(15)10(16)11(12,13)14/h2-5H,6H2,1H3. The van der Waals surface area contributed by atoms with E-state index in [0.29, 0.717) is 5.56 Å². The highest BCUT2D eigenvalue weighted by molar-refractivity contribution is 6.39. The Morgan fingerprint density at radius 3 is 2.06 bits per heavy atom. The molecule has 1 rings (SSSR count). The molecule has 0 N–H and O–H groups in total. The quantitative estimate of drug-likeness (QED) is 0.746. The van der Waals surface area contributed by atoms with Gasteiger partial charge in [-0.1, -0.05) is 29.8 Å². The molecule has 5 heteroatoms. The van der Waals surface area contributed by atoms with E-state index in [1.54, 1.807) is 12.1 Å². The summed E-state index contributed by atoms with van der Waals surface area (Å²) in [6, 6.07) is 6.38. The molecule has 0 atom stereocenters. The van der Waals surface area contributed by atoms with Crippen molar-refractivity contribution in [2.45, 2.75) is 19.5 Å². The van der Waals surface area contributed by atoms with Gasteiger partial charge in [0.2, 0.25) is 5.78 Å². The molecule has 86 valence electrons. The number of aryl methyl sites for hydroxylation is 1. The molecule has 0 aliphatic rings. The van der Waals surface area contributed by atoms with Crippen molar-refractivity contribution in [2.75, 3.05) is 0 Å². The van der Waals surface area contributed by atoms with Gasteiger partial charge in [0.15, 0.2) is 0 Å². The van der Waals surface area contributed by atoms with E-state index in [4.69, 9.17) is 0 Å². The minimum atomic E-state index is -5.08. The smallest absolute Gasteiger partial charge is 0.290 e. The fourth-order valence-electron chi connectivity index (χ4n) is 1.13. The molecule has 0 heterocycles. The highest BCUT2D eigenvalue weighted by Crippen LogP contribution is 2.17. The second-order valence-electron chi connectivity index (χ2n) is 3.41. The zero-order valence-corrected chi connectivity index (χ0v) is 8.47. The first-order valence-electron chi connectivity index (χ1n) is 4.50. The average Bonchev–Trinajstić information content (AvgIpc) is 2.19. The maximum absolute atomic E-state index is 11.9. The number of Topliss-reactive ketones (excluding diaryl/α,β-unsaturated/α-hetero) is 2. The van der Waals surface area contributed by atoms with Gasteiger partial charge in [-0.2, -0.15) is 13.2 Å². The van der Waals surface area contributed by atoms with Crippen LogP contribution in [-0.2, 0) is 16.0 Å². The van der Waals surface area contributed by atoms with Crippen LogP contribution in [0.1, 0.15) is 11.1 Å². The summed E-state index contributed by atoms with van der Waals surface area (Å²) in [7, 11) is 0. The maximum atomic E-state index is 11.9. The topological polar surface area (TPSA) is 34.1 Å². The number of hydrogen-bond acceptors (Lipinski definition) is 2. The number of ketones is 2. The summed E-state index contributed by atoms with van der Waals surface area (Å²) >= 11 is 0. The van der Waals surface area contributed by atoms with Crippen molar-refractivity contribution in [3.05, 3.63) is 35.4 Å². The minimum Gasteiger partial charge on any atom is -0.290 e. The highest BCUT2D eigenvalue weighted by Gasteiger charge is 2.42. The van der Waals surface area contributed by atoms with Crippen molar-refractivity contribution in [3.8, 4) is 0 Å². The van der Waals surface area contributed by atoms with Crippen LogP contribution >= 0.6 is 0 Å². The lowest BCUT2D eigenvalue weighted by Crippen LogP contribution is -2.31. The number of halogens is 3. The fourth-order valence-corrected chi connectivity index (χ4v) is 1.13. The first kappa shape index (κ1) is 12.4. The molecule has 0 saturated heterocycles. The third kappa shape index (κ3) is 3.18. The Hall–Kier alpha value is -1.65. The first-order chi connectivity index (χ1) is 7.30. The lowest BCUT2D eigenvalue weighted by molar-refractivity contribution is -0.174. The van der Waals surface area contributed by atoms with Gasteiger partial charge >= 0.3 is 12.0 Å². The van der Waals surface area contributed by atoms with Crippen LogP contribution in [-0.4, -0.2) is 17.7 Å². The Balaban J connectivity index is 2.72. The van der Waals surface area contributed by atoms with Crippen LogP contribution in [0, 0.1) is 6.92 Å². The molecule has 0 amide bonds. The number of carbonyl (C=O) groups excluding carboxylic acids is 2. The molecule has 0 radical (unpaired) electrons. The summed E-state index contributed by atoms with van der Waals surface area (Å²) in [5, 5.41) is 0. The van der Waals surface area contributed by atoms with Gasteiger partial charge < -0.3 is 0 Å². The Bertz CT molecular complexity index is 404. The molecule has 0 unspecified atom stereocenters. The van der Waals surface area contributed by atoms with E-state index in [-0.39, 0.29) is 0 Å². The lowest BCUT2D eigenvalue weighted by Gasteiger charge is -2.04. The van der Waals surface area contributed by atoms with Crippen LogP contribution in [0.15, 0.2) is 24.3 Å². The molecule has 1 aromatic carbocycles. The summed E-state index contributed by atoms with van der Waals surface area (Å²) in [5.74, 6) is -3.73. The van der Waals surface area contributed by atoms with E-state index in [0.717, 1.165) is 5.56 Å². The fraction of sp³-hybridized carbons (Fsp3) is 0.273. The second-order valence-corrected chi connectivity index (χ2v) is 3.41. The van der Waals surface area contributed by atoms with Gasteiger partial charge in [-0.15, -0.1) is 0 Å². The van der Waals surface area contributed by atoms with Crippen LogP contribution in [0.5, 0.6) is 0 Å². The van der Waals surface area contributed by atoms with Gasteiger partial charge in [0.25, 0.3) is 0 Å². The Kier molecular flexibility index (Phi) is 3.47. The molecule has 0 spiro atoms. The van der Waals surface area contributed by atoms with Gasteiger partial charge in [-0.25, -0.2) is 0 Å². The molecule has 1 aromatic rings. The van der Waals surface area contributed by atoms with E-state index in [2.05, 4.69) is 0 Å². The van der Waals surface area contributed by atoms with E-state index in [1.165, 1.54) is 12.1 Å². The lowest BCUT2D eigenvalue weighted by atomic mass is 10.0. The summed E-state index contributed by atoms with van der Waals surface area (Å²) in [6.07, 6.45) is -5.60. The van der Waals surface area contributed by atoms with Crippen LogP contribution in [0.4, 0.5) is 13.2 Å². The predicted molar refractivity (Wildman–Crippen MR) is 51.0 cm³/mol. The van der Waals surface area contributed by atoms with E-state index in [9.17, 15) is 22.8 Å². The Morgan fingerprint density at radius 1 is 1.12 bits per heavy atom. The number of rotatable bonds is 3. The van der Waals surface area contributed by atoms with Gasteiger partial charge in [0.05, 0.1) is 0 Å². The summed E-state index contributed by atoms with van der Waals surface area (Å²) in [4.78, 5) is 21.5. The number of hydrogen-bond donors (Lipinski definition) is 0. The molecule has 0 aliphatic carbocycles. The number of carbonyl (C=O) groups is 2. The zero-order chi connectivity index (χ0) is 12.3. The van der Waals surface area contributed by atoms with E-state index in [1.807, 2.05) is 6.92 Å². The highest BCUT2D eigenvalue weighted by atomic mass is 19.4. The van der Waals surface area contributed by atoms with Crippen molar-refractivity contribution >= 4 is 11.6 Å². The van der Waals surface area contributed by atoms with Crippen molar-refractivity contribution < 1.29 is 22.8 Å². The molecular formula is C11H9F3O2. The molecule has 0 aliphatic heterocycles. The maximum Gasteiger partial charge on any atom is 0.458 e. The van der Waals surface area contributed by atoms with Crippen LogP contribution < -0.4 is 0 Å². The summed E-state index contributed by atoms with van der Waals surface area (Å²) in [6.45, 7) is 1.81. The van der Waals surface area contributed by atoms with E-state index >= 15 is 0 Å². The van der Waals surface area contributed by atoms with Crippen molar-refractivity contribution in [1.29, 1.82) is 0 Å². The number of benzene rings is 1. The van der Waals surface area contributed by atoms with Gasteiger partial charge in [0.1, 0.15) is 0 Å². The van der Waals surface area contributed by atoms with Gasteiger partial charge in [0, 0.05) is 6.42 Å². The SMILES string of the molecule is Cc1ccc(CC(=O)C(=O)C(F)(F)F)cc1. The molecule has 16 heavy (non-hydrogen) atoms. The monoisotopic (exact) mass is 230 g/mol. The van der Waals surface area contributed by atoms with Crippen LogP contribution in [0.3, 0.4) is 0 Å². The predicted octanol–water partition coefficient (Wildman–Crippen LogP) is 2.24. The Labute approximate surface area is 90.1 Å². The van der Waals surface area contributed by atoms with Crippen LogP contribution in [0.25, 0.3) is 0 Å². The Morgan fingerprint density at radius 2 is 1.62 bits per heavy atom.